The van der Waals surface area contributed by atoms with E-state index in [1.54, 1.807) is 0 Å². The van der Waals surface area contributed by atoms with Gasteiger partial charge < -0.3 is 9.80 Å². The van der Waals surface area contributed by atoms with E-state index >= 15 is 0 Å². The van der Waals surface area contributed by atoms with Crippen molar-refractivity contribution < 1.29 is 9.59 Å². The maximum absolute atomic E-state index is 12.7. The number of benzene rings is 1. The summed E-state index contributed by atoms with van der Waals surface area (Å²) in [6, 6.07) is 10.6. The second kappa shape index (κ2) is 10.8. The summed E-state index contributed by atoms with van der Waals surface area (Å²) in [5, 5.41) is 0. The number of nitrogens with zero attached hydrogens (tertiary/aromatic N) is 2. The van der Waals surface area contributed by atoms with Crippen LogP contribution in [-0.2, 0) is 16.0 Å². The van der Waals surface area contributed by atoms with Gasteiger partial charge in [-0.15, -0.1) is 0 Å². The van der Waals surface area contributed by atoms with Crippen LogP contribution in [0.25, 0.3) is 0 Å². The van der Waals surface area contributed by atoms with Crippen LogP contribution in [0.4, 0.5) is 0 Å². The first-order chi connectivity index (χ1) is 13.6. The number of rotatable bonds is 8. The summed E-state index contributed by atoms with van der Waals surface area (Å²) in [5.41, 5.74) is 1.36. The van der Waals surface area contributed by atoms with Crippen molar-refractivity contribution in [3.8, 4) is 0 Å². The molecule has 0 aromatic heterocycles. The lowest BCUT2D eigenvalue weighted by Gasteiger charge is -2.33. The maximum Gasteiger partial charge on any atom is 0.224 e. The predicted octanol–water partition coefficient (Wildman–Crippen LogP) is 4.78. The van der Waals surface area contributed by atoms with Crippen LogP contribution in [-0.4, -0.2) is 47.8 Å². The fraction of sp³-hybridized carbons (Fsp3) is 0.680. The van der Waals surface area contributed by atoms with Gasteiger partial charge in [0.25, 0.3) is 0 Å². The second-order valence-electron chi connectivity index (χ2n) is 10.2. The Kier molecular flexibility index (Phi) is 8.73. The number of piperidine rings is 1. The van der Waals surface area contributed by atoms with E-state index in [4.69, 9.17) is 0 Å². The van der Waals surface area contributed by atoms with Crippen molar-refractivity contribution in [3.05, 3.63) is 35.9 Å². The largest absolute Gasteiger partial charge is 0.343 e. The van der Waals surface area contributed by atoms with Crippen LogP contribution in [0.5, 0.6) is 0 Å². The van der Waals surface area contributed by atoms with Gasteiger partial charge in [0.15, 0.2) is 0 Å². The zero-order valence-corrected chi connectivity index (χ0v) is 19.1. The second-order valence-corrected chi connectivity index (χ2v) is 10.2. The molecule has 4 nitrogen and oxygen atoms in total. The lowest BCUT2D eigenvalue weighted by Crippen LogP contribution is -2.42. The van der Waals surface area contributed by atoms with Gasteiger partial charge in [0, 0.05) is 39.0 Å². The van der Waals surface area contributed by atoms with Gasteiger partial charge in [0.2, 0.25) is 11.8 Å². The molecule has 0 bridgehead atoms. The van der Waals surface area contributed by atoms with Crippen LogP contribution in [0.1, 0.15) is 65.9 Å². The molecule has 1 aromatic rings. The Bertz CT molecular complexity index is 641. The van der Waals surface area contributed by atoms with Gasteiger partial charge in [0.1, 0.15) is 0 Å². The molecule has 2 amide bonds. The minimum atomic E-state index is -0.0308. The van der Waals surface area contributed by atoms with Gasteiger partial charge >= 0.3 is 0 Å². The van der Waals surface area contributed by atoms with E-state index in [1.165, 1.54) is 5.56 Å². The van der Waals surface area contributed by atoms with Gasteiger partial charge in [-0.05, 0) is 42.1 Å². The third-order valence-corrected chi connectivity index (χ3v) is 5.55. The molecule has 0 radical (unpaired) electrons. The van der Waals surface area contributed by atoms with E-state index in [9.17, 15) is 9.59 Å². The number of carbonyl (C=O) groups is 2. The first-order valence-corrected chi connectivity index (χ1v) is 11.2. The Labute approximate surface area is 177 Å². The van der Waals surface area contributed by atoms with Crippen molar-refractivity contribution in [2.24, 2.45) is 17.3 Å². The molecule has 1 aromatic carbocycles. The monoisotopic (exact) mass is 400 g/mol. The summed E-state index contributed by atoms with van der Waals surface area (Å²) in [4.78, 5) is 29.4. The van der Waals surface area contributed by atoms with Crippen LogP contribution >= 0.6 is 0 Å². The van der Waals surface area contributed by atoms with Crippen molar-refractivity contribution in [1.29, 1.82) is 0 Å². The van der Waals surface area contributed by atoms with Crippen LogP contribution in [0.2, 0.25) is 0 Å². The summed E-state index contributed by atoms with van der Waals surface area (Å²) in [7, 11) is 0. The number of hydrogen-bond donors (Lipinski definition) is 0. The zero-order chi connectivity index (χ0) is 21.4. The normalized spacial score (nSPS) is 15.6. The molecule has 0 saturated carbocycles. The van der Waals surface area contributed by atoms with E-state index in [0.717, 1.165) is 38.9 Å². The molecule has 162 valence electrons. The molecule has 0 spiro atoms. The molecular weight excluding hydrogens is 360 g/mol. The average molecular weight is 401 g/mol. The first-order valence-electron chi connectivity index (χ1n) is 11.2. The molecular formula is C25H40N2O2. The number of carbonyl (C=O) groups excluding carboxylic acids is 2. The van der Waals surface area contributed by atoms with E-state index in [0.29, 0.717) is 31.2 Å². The van der Waals surface area contributed by atoms with Gasteiger partial charge in [-0.1, -0.05) is 65.0 Å². The Morgan fingerprint density at radius 2 is 1.72 bits per heavy atom. The average Bonchev–Trinajstić information content (AvgIpc) is 2.64. The third kappa shape index (κ3) is 8.59. The summed E-state index contributed by atoms with van der Waals surface area (Å²) < 4.78 is 0. The SMILES string of the molecule is CC(C)CN(CCC(=O)N1CCC(Cc2ccccc2)CC1)C(=O)CC(C)(C)C. The van der Waals surface area contributed by atoms with Gasteiger partial charge in [-0.3, -0.25) is 9.59 Å². The molecule has 1 fully saturated rings. The molecule has 0 atom stereocenters. The van der Waals surface area contributed by atoms with Gasteiger partial charge in [0.05, 0.1) is 0 Å². The third-order valence-electron chi connectivity index (χ3n) is 5.55. The molecule has 4 heteroatoms. The topological polar surface area (TPSA) is 40.6 Å². The number of hydrogen-bond acceptors (Lipinski definition) is 2. The summed E-state index contributed by atoms with van der Waals surface area (Å²) in [5.74, 6) is 1.43. The molecule has 1 saturated heterocycles. The van der Waals surface area contributed by atoms with E-state index in [1.807, 2.05) is 9.80 Å². The zero-order valence-electron chi connectivity index (χ0n) is 19.1. The highest BCUT2D eigenvalue weighted by Crippen LogP contribution is 2.23. The van der Waals surface area contributed by atoms with E-state index in [2.05, 4.69) is 65.0 Å². The van der Waals surface area contributed by atoms with E-state index in [-0.39, 0.29) is 17.2 Å². The fourth-order valence-corrected chi connectivity index (χ4v) is 4.05. The highest BCUT2D eigenvalue weighted by atomic mass is 16.2. The lowest BCUT2D eigenvalue weighted by atomic mass is 9.90. The van der Waals surface area contributed by atoms with Crippen LogP contribution in [0.3, 0.4) is 0 Å². The van der Waals surface area contributed by atoms with Crippen LogP contribution in [0.15, 0.2) is 30.3 Å². The molecule has 29 heavy (non-hydrogen) atoms. The molecule has 1 aliphatic rings. The van der Waals surface area contributed by atoms with Crippen molar-refractivity contribution in [2.45, 2.75) is 66.7 Å². The number of amides is 2. The standard InChI is InChI=1S/C25H40N2O2/c1-20(2)19-27(24(29)18-25(3,4)5)16-13-23(28)26-14-11-22(12-15-26)17-21-9-7-6-8-10-21/h6-10,20,22H,11-19H2,1-5H3. The molecule has 0 unspecified atom stereocenters. The Hall–Kier alpha value is -1.84. The Morgan fingerprint density at radius 3 is 2.28 bits per heavy atom. The molecule has 2 rings (SSSR count). The Morgan fingerprint density at radius 1 is 1.10 bits per heavy atom. The van der Waals surface area contributed by atoms with E-state index < -0.39 is 0 Å². The van der Waals surface area contributed by atoms with Crippen LogP contribution in [0, 0.1) is 17.3 Å². The molecule has 1 heterocycles. The molecule has 0 N–H and O–H groups in total. The highest BCUT2D eigenvalue weighted by Gasteiger charge is 2.25. The van der Waals surface area contributed by atoms with Crippen molar-refractivity contribution in [3.63, 3.8) is 0 Å². The predicted molar refractivity (Wildman–Crippen MR) is 120 cm³/mol. The summed E-state index contributed by atoms with van der Waals surface area (Å²) in [6.07, 6.45) is 4.20. The summed E-state index contributed by atoms with van der Waals surface area (Å²) in [6.45, 7) is 13.5. The van der Waals surface area contributed by atoms with Crippen molar-refractivity contribution in [2.75, 3.05) is 26.2 Å². The van der Waals surface area contributed by atoms with Crippen LogP contribution < -0.4 is 0 Å². The van der Waals surface area contributed by atoms with Crippen molar-refractivity contribution in [1.82, 2.24) is 9.80 Å². The smallest absolute Gasteiger partial charge is 0.224 e. The van der Waals surface area contributed by atoms with Crippen molar-refractivity contribution >= 4 is 11.8 Å². The first kappa shape index (κ1) is 23.4. The molecule has 1 aliphatic heterocycles. The summed E-state index contributed by atoms with van der Waals surface area (Å²) >= 11 is 0. The number of likely N-dealkylation sites (tertiary alicyclic amines) is 1. The lowest BCUT2D eigenvalue weighted by molar-refractivity contribution is -0.136. The fourth-order valence-electron chi connectivity index (χ4n) is 4.05. The minimum Gasteiger partial charge on any atom is -0.343 e. The minimum absolute atomic E-state index is 0.0308. The van der Waals surface area contributed by atoms with Gasteiger partial charge in [-0.25, -0.2) is 0 Å². The maximum atomic E-state index is 12.7. The van der Waals surface area contributed by atoms with Gasteiger partial charge in [-0.2, -0.15) is 0 Å². The quantitative estimate of drug-likeness (QED) is 0.630. The highest BCUT2D eigenvalue weighted by molar-refractivity contribution is 5.79. The Balaban J connectivity index is 1.80. The molecule has 0 aliphatic carbocycles.